The van der Waals surface area contributed by atoms with Gasteiger partial charge in [0.15, 0.2) is 0 Å². The number of nitrogens with zero attached hydrogens (tertiary/aromatic N) is 1. The molecule has 0 saturated carbocycles. The summed E-state index contributed by atoms with van der Waals surface area (Å²) in [7, 11) is 4.16. The molecule has 1 heterocycles. The smallest absolute Gasteiger partial charge is 0.0530 e. The third-order valence-electron chi connectivity index (χ3n) is 2.41. The number of hydrogen-bond donors (Lipinski definition) is 2. The SMILES string of the molecule is CC(CN)C(c1ccc[nH]1)N(C)C. The summed E-state index contributed by atoms with van der Waals surface area (Å²) < 4.78 is 0. The normalized spacial score (nSPS) is 16.1. The quantitative estimate of drug-likeness (QED) is 0.733. The second-order valence-corrected chi connectivity index (χ2v) is 3.75. The monoisotopic (exact) mass is 181 g/mol. The number of nitrogens with one attached hydrogen (secondary N) is 1. The molecule has 0 aliphatic rings. The van der Waals surface area contributed by atoms with Gasteiger partial charge in [0.1, 0.15) is 0 Å². The van der Waals surface area contributed by atoms with Crippen LogP contribution < -0.4 is 5.73 Å². The molecule has 0 aromatic carbocycles. The number of aromatic nitrogens is 1. The van der Waals surface area contributed by atoms with Crippen LogP contribution in [0.3, 0.4) is 0 Å². The fourth-order valence-corrected chi connectivity index (χ4v) is 1.75. The van der Waals surface area contributed by atoms with Crippen molar-refractivity contribution < 1.29 is 0 Å². The Morgan fingerprint density at radius 1 is 1.54 bits per heavy atom. The lowest BCUT2D eigenvalue weighted by Gasteiger charge is -2.28. The summed E-state index contributed by atoms with van der Waals surface area (Å²) in [5.74, 6) is 0.466. The summed E-state index contributed by atoms with van der Waals surface area (Å²) in [6.07, 6.45) is 1.95. The molecule has 74 valence electrons. The molecule has 0 radical (unpaired) electrons. The van der Waals surface area contributed by atoms with Crippen molar-refractivity contribution in [3.05, 3.63) is 24.0 Å². The molecule has 3 heteroatoms. The van der Waals surface area contributed by atoms with Gasteiger partial charge in [-0.2, -0.15) is 0 Å². The highest BCUT2D eigenvalue weighted by atomic mass is 15.1. The Bertz CT molecular complexity index is 228. The summed E-state index contributed by atoms with van der Waals surface area (Å²) in [6.45, 7) is 2.88. The Balaban J connectivity index is 2.80. The molecule has 0 saturated heterocycles. The molecule has 2 atom stereocenters. The molecule has 1 aromatic heterocycles. The van der Waals surface area contributed by atoms with Crippen LogP contribution in [0.25, 0.3) is 0 Å². The van der Waals surface area contributed by atoms with Gasteiger partial charge in [-0.05, 0) is 38.7 Å². The van der Waals surface area contributed by atoms with E-state index in [9.17, 15) is 0 Å². The van der Waals surface area contributed by atoms with Gasteiger partial charge in [-0.3, -0.25) is 0 Å². The van der Waals surface area contributed by atoms with Crippen LogP contribution >= 0.6 is 0 Å². The van der Waals surface area contributed by atoms with Crippen molar-refractivity contribution in [3.8, 4) is 0 Å². The zero-order chi connectivity index (χ0) is 9.84. The largest absolute Gasteiger partial charge is 0.364 e. The molecule has 0 fully saturated rings. The van der Waals surface area contributed by atoms with E-state index in [2.05, 4.69) is 37.0 Å². The average Bonchev–Trinajstić information content (AvgIpc) is 2.56. The van der Waals surface area contributed by atoms with Gasteiger partial charge in [-0.25, -0.2) is 0 Å². The first-order chi connectivity index (χ1) is 6.16. The number of nitrogens with two attached hydrogens (primary N) is 1. The third kappa shape index (κ3) is 2.32. The van der Waals surface area contributed by atoms with E-state index >= 15 is 0 Å². The second-order valence-electron chi connectivity index (χ2n) is 3.75. The molecule has 0 amide bonds. The maximum absolute atomic E-state index is 5.68. The van der Waals surface area contributed by atoms with Crippen LogP contribution in [-0.2, 0) is 0 Å². The van der Waals surface area contributed by atoms with Crippen LogP contribution in [0.2, 0.25) is 0 Å². The Labute approximate surface area is 79.9 Å². The van der Waals surface area contributed by atoms with Crippen molar-refractivity contribution in [1.82, 2.24) is 9.88 Å². The summed E-state index contributed by atoms with van der Waals surface area (Å²) >= 11 is 0. The van der Waals surface area contributed by atoms with Crippen molar-refractivity contribution in [1.29, 1.82) is 0 Å². The molecule has 3 nitrogen and oxygen atoms in total. The van der Waals surface area contributed by atoms with Crippen LogP contribution in [0.5, 0.6) is 0 Å². The molecule has 3 N–H and O–H groups in total. The van der Waals surface area contributed by atoms with Crippen LogP contribution in [-0.4, -0.2) is 30.5 Å². The van der Waals surface area contributed by atoms with Crippen LogP contribution in [0.4, 0.5) is 0 Å². The Kier molecular flexibility index (Phi) is 3.51. The van der Waals surface area contributed by atoms with E-state index in [0.717, 1.165) is 0 Å². The van der Waals surface area contributed by atoms with Crippen LogP contribution in [0.1, 0.15) is 18.7 Å². The number of hydrogen-bond acceptors (Lipinski definition) is 2. The maximum atomic E-state index is 5.68. The minimum absolute atomic E-state index is 0.389. The van der Waals surface area contributed by atoms with E-state index in [1.54, 1.807) is 0 Å². The molecule has 2 unspecified atom stereocenters. The summed E-state index contributed by atoms with van der Waals surface area (Å²) in [5.41, 5.74) is 6.92. The van der Waals surface area contributed by atoms with E-state index in [0.29, 0.717) is 18.5 Å². The molecule has 1 rings (SSSR count). The predicted octanol–water partition coefficient (Wildman–Crippen LogP) is 1.21. The average molecular weight is 181 g/mol. The van der Waals surface area contributed by atoms with Crippen molar-refractivity contribution >= 4 is 0 Å². The fraction of sp³-hybridized carbons (Fsp3) is 0.600. The van der Waals surface area contributed by atoms with E-state index in [1.807, 2.05) is 12.3 Å². The highest BCUT2D eigenvalue weighted by Gasteiger charge is 2.20. The van der Waals surface area contributed by atoms with Crippen LogP contribution in [0, 0.1) is 5.92 Å². The van der Waals surface area contributed by atoms with Crippen LogP contribution in [0.15, 0.2) is 18.3 Å². The molecule has 0 bridgehead atoms. The van der Waals surface area contributed by atoms with Gasteiger partial charge in [-0.15, -0.1) is 0 Å². The predicted molar refractivity (Wildman–Crippen MR) is 55.4 cm³/mol. The Morgan fingerprint density at radius 3 is 2.62 bits per heavy atom. The summed E-state index contributed by atoms with van der Waals surface area (Å²) in [5, 5.41) is 0. The Hall–Kier alpha value is -0.800. The number of aromatic amines is 1. The maximum Gasteiger partial charge on any atom is 0.0530 e. The second kappa shape index (κ2) is 4.44. The number of H-pyrrole nitrogens is 1. The minimum Gasteiger partial charge on any atom is -0.364 e. The van der Waals surface area contributed by atoms with Crippen molar-refractivity contribution in [2.75, 3.05) is 20.6 Å². The van der Waals surface area contributed by atoms with Crippen molar-refractivity contribution in [3.63, 3.8) is 0 Å². The van der Waals surface area contributed by atoms with Gasteiger partial charge in [-0.1, -0.05) is 6.92 Å². The number of rotatable bonds is 4. The lowest BCUT2D eigenvalue weighted by atomic mass is 9.98. The van der Waals surface area contributed by atoms with Gasteiger partial charge >= 0.3 is 0 Å². The fourth-order valence-electron chi connectivity index (χ4n) is 1.75. The standard InChI is InChI=1S/C10H19N3/c1-8(7-11)10(13(2)3)9-5-4-6-12-9/h4-6,8,10,12H,7,11H2,1-3H3. The van der Waals surface area contributed by atoms with Gasteiger partial charge in [0, 0.05) is 11.9 Å². The highest BCUT2D eigenvalue weighted by molar-refractivity contribution is 5.10. The van der Waals surface area contributed by atoms with Gasteiger partial charge in [0.25, 0.3) is 0 Å². The summed E-state index contributed by atoms with van der Waals surface area (Å²) in [4.78, 5) is 5.43. The van der Waals surface area contributed by atoms with E-state index in [1.165, 1.54) is 5.69 Å². The lowest BCUT2D eigenvalue weighted by molar-refractivity contribution is 0.223. The van der Waals surface area contributed by atoms with E-state index < -0.39 is 0 Å². The molecule has 0 aliphatic carbocycles. The molecule has 0 spiro atoms. The van der Waals surface area contributed by atoms with E-state index in [4.69, 9.17) is 5.73 Å². The zero-order valence-electron chi connectivity index (χ0n) is 8.62. The zero-order valence-corrected chi connectivity index (χ0v) is 8.62. The molecule has 1 aromatic rings. The Morgan fingerprint density at radius 2 is 2.23 bits per heavy atom. The van der Waals surface area contributed by atoms with Crippen molar-refractivity contribution in [2.45, 2.75) is 13.0 Å². The van der Waals surface area contributed by atoms with Gasteiger partial charge in [0.05, 0.1) is 6.04 Å². The molecule has 13 heavy (non-hydrogen) atoms. The molecule has 0 aliphatic heterocycles. The first kappa shape index (κ1) is 10.3. The molecular weight excluding hydrogens is 162 g/mol. The first-order valence-electron chi connectivity index (χ1n) is 4.66. The topological polar surface area (TPSA) is 45.1 Å². The molecular formula is C10H19N3. The van der Waals surface area contributed by atoms with Gasteiger partial charge in [0.2, 0.25) is 0 Å². The van der Waals surface area contributed by atoms with E-state index in [-0.39, 0.29) is 0 Å². The highest BCUT2D eigenvalue weighted by Crippen LogP contribution is 2.24. The third-order valence-corrected chi connectivity index (χ3v) is 2.41. The first-order valence-corrected chi connectivity index (χ1v) is 4.66. The minimum atomic E-state index is 0.389. The van der Waals surface area contributed by atoms with Gasteiger partial charge < -0.3 is 15.6 Å². The summed E-state index contributed by atoms with van der Waals surface area (Å²) in [6, 6.07) is 4.52. The lowest BCUT2D eigenvalue weighted by Crippen LogP contribution is -2.30. The van der Waals surface area contributed by atoms with Crippen molar-refractivity contribution in [2.24, 2.45) is 11.7 Å².